The Hall–Kier alpha value is -3.27. The zero-order valence-corrected chi connectivity index (χ0v) is 11.9. The third kappa shape index (κ3) is 2.91. The molecular formula is C15H14N4O3. The van der Waals surface area contributed by atoms with E-state index in [9.17, 15) is 4.79 Å². The topological polar surface area (TPSA) is 124 Å². The van der Waals surface area contributed by atoms with Crippen molar-refractivity contribution in [2.45, 2.75) is 6.92 Å². The molecule has 7 nitrogen and oxygen atoms in total. The van der Waals surface area contributed by atoms with Crippen LogP contribution in [0.3, 0.4) is 0 Å². The highest BCUT2D eigenvalue weighted by molar-refractivity contribution is 5.99. The Labute approximate surface area is 127 Å². The fourth-order valence-corrected chi connectivity index (χ4v) is 1.79. The largest absolute Gasteiger partial charge is 0.462 e. The van der Waals surface area contributed by atoms with Crippen LogP contribution in [0.15, 0.2) is 30.3 Å². The van der Waals surface area contributed by atoms with Gasteiger partial charge in [0, 0.05) is 0 Å². The molecule has 0 radical (unpaired) electrons. The van der Waals surface area contributed by atoms with Crippen molar-refractivity contribution in [2.75, 3.05) is 18.1 Å². The monoisotopic (exact) mass is 298 g/mol. The quantitative estimate of drug-likeness (QED) is 0.828. The first-order chi connectivity index (χ1) is 10.6. The molecule has 7 heteroatoms. The van der Waals surface area contributed by atoms with Crippen LogP contribution < -0.4 is 16.2 Å². The minimum Gasteiger partial charge on any atom is -0.462 e. The lowest BCUT2D eigenvalue weighted by atomic mass is 10.1. The summed E-state index contributed by atoms with van der Waals surface area (Å²) in [6.07, 6.45) is 0. The fraction of sp³-hybridized carbons (Fsp3) is 0.133. The average Bonchev–Trinajstić information content (AvgIpc) is 2.48. The molecule has 0 saturated carbocycles. The van der Waals surface area contributed by atoms with Crippen molar-refractivity contribution in [3.05, 3.63) is 41.5 Å². The van der Waals surface area contributed by atoms with E-state index in [1.807, 2.05) is 12.1 Å². The van der Waals surface area contributed by atoms with Crippen LogP contribution in [-0.4, -0.2) is 17.6 Å². The number of nitrogen functional groups attached to an aromatic ring is 2. The zero-order valence-electron chi connectivity index (χ0n) is 11.9. The number of esters is 1. The number of carbonyl (C=O) groups excluding carboxylic acids is 1. The smallest absolute Gasteiger partial charge is 0.345 e. The number of aromatic nitrogens is 1. The van der Waals surface area contributed by atoms with Gasteiger partial charge in [-0.05, 0) is 19.1 Å². The highest BCUT2D eigenvalue weighted by atomic mass is 16.5. The number of benzene rings is 1. The number of hydrogen-bond acceptors (Lipinski definition) is 7. The lowest BCUT2D eigenvalue weighted by molar-refractivity contribution is 0.0524. The predicted octanol–water partition coefficient (Wildman–Crippen LogP) is 2.09. The van der Waals surface area contributed by atoms with Gasteiger partial charge in [0.15, 0.2) is 0 Å². The molecule has 0 spiro atoms. The molecule has 1 heterocycles. The van der Waals surface area contributed by atoms with Gasteiger partial charge in [0.1, 0.15) is 28.8 Å². The first-order valence-corrected chi connectivity index (χ1v) is 6.47. The Balaban J connectivity index is 2.56. The minimum absolute atomic E-state index is 0.0801. The Bertz CT molecular complexity index is 739. The maximum Gasteiger partial charge on any atom is 0.345 e. The number of nitrogens with two attached hydrogens (primary N) is 2. The molecule has 0 fully saturated rings. The number of pyridine rings is 1. The van der Waals surface area contributed by atoms with E-state index < -0.39 is 5.97 Å². The number of rotatable bonds is 4. The van der Waals surface area contributed by atoms with Crippen LogP contribution in [0.4, 0.5) is 11.5 Å². The van der Waals surface area contributed by atoms with Crippen molar-refractivity contribution in [3.63, 3.8) is 0 Å². The molecule has 4 N–H and O–H groups in total. The molecule has 0 atom stereocenters. The zero-order chi connectivity index (χ0) is 16.1. The molecule has 112 valence electrons. The summed E-state index contributed by atoms with van der Waals surface area (Å²) >= 11 is 0. The van der Waals surface area contributed by atoms with Crippen LogP contribution in [0.2, 0.25) is 0 Å². The predicted molar refractivity (Wildman–Crippen MR) is 80.2 cm³/mol. The van der Waals surface area contributed by atoms with Gasteiger partial charge < -0.3 is 20.9 Å². The van der Waals surface area contributed by atoms with Crippen molar-refractivity contribution >= 4 is 17.5 Å². The number of carbonyl (C=O) groups is 1. The summed E-state index contributed by atoms with van der Waals surface area (Å²) < 4.78 is 10.5. The molecular weight excluding hydrogens is 284 g/mol. The van der Waals surface area contributed by atoms with E-state index in [1.165, 1.54) is 0 Å². The van der Waals surface area contributed by atoms with Gasteiger partial charge in [0.2, 0.25) is 5.88 Å². The van der Waals surface area contributed by atoms with Gasteiger partial charge in [-0.1, -0.05) is 18.2 Å². The summed E-state index contributed by atoms with van der Waals surface area (Å²) in [5, 5.41) is 9.07. The second-order valence-corrected chi connectivity index (χ2v) is 4.21. The van der Waals surface area contributed by atoms with Gasteiger partial charge in [0.05, 0.1) is 12.3 Å². The van der Waals surface area contributed by atoms with E-state index in [1.54, 1.807) is 31.2 Å². The summed E-state index contributed by atoms with van der Waals surface area (Å²) in [5.74, 6) is -0.489. The summed E-state index contributed by atoms with van der Waals surface area (Å²) in [4.78, 5) is 16.0. The van der Waals surface area contributed by atoms with Crippen LogP contribution in [-0.2, 0) is 4.74 Å². The Kier molecular flexibility index (Phi) is 4.44. The van der Waals surface area contributed by atoms with Crippen LogP contribution >= 0.6 is 0 Å². The normalized spacial score (nSPS) is 9.82. The SMILES string of the molecule is CCOC(=O)c1c(Oc2ccccc2)nc(N)c(C#N)c1N. The highest BCUT2D eigenvalue weighted by Gasteiger charge is 2.24. The molecule has 22 heavy (non-hydrogen) atoms. The maximum absolute atomic E-state index is 12.1. The van der Waals surface area contributed by atoms with E-state index in [-0.39, 0.29) is 35.1 Å². The van der Waals surface area contributed by atoms with Gasteiger partial charge in [-0.15, -0.1) is 0 Å². The molecule has 0 aliphatic carbocycles. The third-order valence-corrected chi connectivity index (χ3v) is 2.78. The minimum atomic E-state index is -0.727. The summed E-state index contributed by atoms with van der Waals surface area (Å²) in [6.45, 7) is 1.80. The lowest BCUT2D eigenvalue weighted by Crippen LogP contribution is -2.14. The van der Waals surface area contributed by atoms with Gasteiger partial charge in [-0.25, -0.2) is 4.79 Å². The molecule has 0 aliphatic rings. The number of hydrogen-bond donors (Lipinski definition) is 2. The lowest BCUT2D eigenvalue weighted by Gasteiger charge is -2.13. The Morgan fingerprint density at radius 3 is 2.59 bits per heavy atom. The summed E-state index contributed by atoms with van der Waals surface area (Å²) in [5.41, 5.74) is 11.2. The van der Waals surface area contributed by atoms with Crippen LogP contribution in [0.25, 0.3) is 0 Å². The third-order valence-electron chi connectivity index (χ3n) is 2.78. The average molecular weight is 298 g/mol. The Morgan fingerprint density at radius 2 is 2.00 bits per heavy atom. The summed E-state index contributed by atoms with van der Waals surface area (Å²) in [7, 11) is 0. The van der Waals surface area contributed by atoms with Crippen molar-refractivity contribution in [3.8, 4) is 17.7 Å². The first kappa shape index (κ1) is 15.1. The van der Waals surface area contributed by atoms with E-state index in [2.05, 4.69) is 4.98 Å². The first-order valence-electron chi connectivity index (χ1n) is 6.47. The van der Waals surface area contributed by atoms with Gasteiger partial charge in [-0.2, -0.15) is 10.2 Å². The number of para-hydroxylation sites is 1. The van der Waals surface area contributed by atoms with Crippen molar-refractivity contribution in [2.24, 2.45) is 0 Å². The number of ether oxygens (including phenoxy) is 2. The highest BCUT2D eigenvalue weighted by Crippen LogP contribution is 2.32. The van der Waals surface area contributed by atoms with Crippen LogP contribution in [0.1, 0.15) is 22.8 Å². The second kappa shape index (κ2) is 6.45. The molecule has 0 amide bonds. The number of nitrogens with zero attached hydrogens (tertiary/aromatic N) is 2. The Morgan fingerprint density at radius 1 is 1.32 bits per heavy atom. The molecule has 2 rings (SSSR count). The van der Waals surface area contributed by atoms with Gasteiger partial charge in [0.25, 0.3) is 0 Å². The fourth-order valence-electron chi connectivity index (χ4n) is 1.79. The standard InChI is InChI=1S/C15H14N4O3/c1-2-21-15(20)11-12(17)10(8-16)13(18)19-14(11)22-9-6-4-3-5-7-9/h3-7H,2H2,1H3,(H4,17,18,19). The molecule has 0 unspecified atom stereocenters. The van der Waals surface area contributed by atoms with E-state index in [0.29, 0.717) is 5.75 Å². The second-order valence-electron chi connectivity index (χ2n) is 4.21. The molecule has 0 bridgehead atoms. The van der Waals surface area contributed by atoms with Crippen molar-refractivity contribution in [1.82, 2.24) is 4.98 Å². The van der Waals surface area contributed by atoms with Crippen LogP contribution in [0, 0.1) is 11.3 Å². The van der Waals surface area contributed by atoms with Gasteiger partial charge in [-0.3, -0.25) is 0 Å². The molecule has 2 aromatic rings. The van der Waals surface area contributed by atoms with Crippen molar-refractivity contribution in [1.29, 1.82) is 5.26 Å². The summed E-state index contributed by atoms with van der Waals surface area (Å²) in [6, 6.07) is 10.5. The number of nitriles is 1. The van der Waals surface area contributed by atoms with Crippen molar-refractivity contribution < 1.29 is 14.3 Å². The van der Waals surface area contributed by atoms with Crippen LogP contribution in [0.5, 0.6) is 11.6 Å². The molecule has 0 saturated heterocycles. The maximum atomic E-state index is 12.1. The molecule has 1 aromatic carbocycles. The number of anilines is 2. The van der Waals surface area contributed by atoms with E-state index in [0.717, 1.165) is 0 Å². The molecule has 0 aliphatic heterocycles. The van der Waals surface area contributed by atoms with E-state index >= 15 is 0 Å². The van der Waals surface area contributed by atoms with Gasteiger partial charge >= 0.3 is 5.97 Å². The molecule has 1 aromatic heterocycles. The van der Waals surface area contributed by atoms with E-state index in [4.69, 9.17) is 26.2 Å².